The van der Waals surface area contributed by atoms with Crippen molar-refractivity contribution in [3.05, 3.63) is 235 Å². The average molecular weight is 726 g/mol. The molecule has 10 aromatic rings. The van der Waals surface area contributed by atoms with E-state index in [0.717, 1.165) is 55.6 Å². The second-order valence-electron chi connectivity index (χ2n) is 14.7. The third-order valence-corrected chi connectivity index (χ3v) is 11.5. The number of aromatic nitrogens is 3. The summed E-state index contributed by atoms with van der Waals surface area (Å²) in [7, 11) is 0. The molecular formula is C54H35N3. The van der Waals surface area contributed by atoms with Gasteiger partial charge < -0.3 is 0 Å². The van der Waals surface area contributed by atoms with Crippen LogP contribution in [-0.4, -0.2) is 15.0 Å². The van der Waals surface area contributed by atoms with Gasteiger partial charge in [-0.3, -0.25) is 0 Å². The van der Waals surface area contributed by atoms with E-state index in [1.165, 1.54) is 38.8 Å². The van der Waals surface area contributed by atoms with Crippen molar-refractivity contribution in [2.24, 2.45) is 0 Å². The van der Waals surface area contributed by atoms with E-state index in [4.69, 9.17) is 15.0 Å². The van der Waals surface area contributed by atoms with Crippen molar-refractivity contribution in [1.82, 2.24) is 15.0 Å². The van der Waals surface area contributed by atoms with Crippen LogP contribution in [0.2, 0.25) is 0 Å². The van der Waals surface area contributed by atoms with Gasteiger partial charge >= 0.3 is 0 Å². The Bertz CT molecular complexity index is 3010. The van der Waals surface area contributed by atoms with Crippen molar-refractivity contribution in [1.29, 1.82) is 0 Å². The lowest BCUT2D eigenvalue weighted by Gasteiger charge is -2.34. The topological polar surface area (TPSA) is 38.7 Å². The first-order chi connectivity index (χ1) is 28.3. The molecule has 0 fully saturated rings. The number of nitrogens with zero attached hydrogens (tertiary/aromatic N) is 3. The first-order valence-corrected chi connectivity index (χ1v) is 19.4. The molecule has 2 heterocycles. The van der Waals surface area contributed by atoms with E-state index in [-0.39, 0.29) is 0 Å². The zero-order chi connectivity index (χ0) is 37.8. The van der Waals surface area contributed by atoms with Crippen molar-refractivity contribution in [2.45, 2.75) is 5.41 Å². The second kappa shape index (κ2) is 13.4. The molecule has 0 bridgehead atoms. The molecule has 266 valence electrons. The molecule has 0 atom stereocenters. The number of benzene rings is 8. The molecule has 8 aromatic carbocycles. The van der Waals surface area contributed by atoms with Gasteiger partial charge in [0.2, 0.25) is 0 Å². The molecule has 0 unspecified atom stereocenters. The van der Waals surface area contributed by atoms with Crippen LogP contribution in [0.5, 0.6) is 0 Å². The van der Waals surface area contributed by atoms with E-state index in [0.29, 0.717) is 5.82 Å². The Balaban J connectivity index is 1.17. The van der Waals surface area contributed by atoms with Crippen molar-refractivity contribution < 1.29 is 0 Å². The number of fused-ring (bicyclic) bond motifs is 7. The van der Waals surface area contributed by atoms with Gasteiger partial charge in [-0.05, 0) is 51.6 Å². The predicted molar refractivity (Wildman–Crippen MR) is 234 cm³/mol. The number of pyridine rings is 1. The van der Waals surface area contributed by atoms with Gasteiger partial charge in [0.25, 0.3) is 0 Å². The fourth-order valence-corrected chi connectivity index (χ4v) is 9.09. The van der Waals surface area contributed by atoms with E-state index in [1.54, 1.807) is 0 Å². The molecule has 57 heavy (non-hydrogen) atoms. The average Bonchev–Trinajstić information content (AvgIpc) is 3.61. The molecule has 0 spiro atoms. The first-order valence-electron chi connectivity index (χ1n) is 19.4. The summed E-state index contributed by atoms with van der Waals surface area (Å²) in [5, 5.41) is 3.47. The highest BCUT2D eigenvalue weighted by atomic mass is 14.9. The van der Waals surface area contributed by atoms with Gasteiger partial charge in [-0.25, -0.2) is 15.0 Å². The van der Waals surface area contributed by atoms with Crippen LogP contribution in [0, 0.1) is 0 Å². The maximum absolute atomic E-state index is 5.43. The Labute approximate surface area is 331 Å². The van der Waals surface area contributed by atoms with Crippen LogP contribution in [0.3, 0.4) is 0 Å². The fourth-order valence-electron chi connectivity index (χ4n) is 9.09. The number of hydrogen-bond acceptors (Lipinski definition) is 3. The molecule has 0 radical (unpaired) electrons. The Morgan fingerprint density at radius 1 is 0.351 bits per heavy atom. The number of hydrogen-bond donors (Lipinski definition) is 0. The van der Waals surface area contributed by atoms with E-state index >= 15 is 0 Å². The molecule has 1 aliphatic rings. The lowest BCUT2D eigenvalue weighted by Crippen LogP contribution is -2.28. The minimum atomic E-state index is -0.495. The predicted octanol–water partition coefficient (Wildman–Crippen LogP) is 13.2. The molecule has 0 N–H and O–H groups in total. The zero-order valence-corrected chi connectivity index (χ0v) is 31.0. The van der Waals surface area contributed by atoms with Crippen LogP contribution in [0.15, 0.2) is 212 Å². The van der Waals surface area contributed by atoms with Crippen molar-refractivity contribution in [2.75, 3.05) is 0 Å². The third-order valence-electron chi connectivity index (χ3n) is 11.5. The maximum atomic E-state index is 5.43. The Hall–Kier alpha value is -7.49. The molecule has 0 amide bonds. The minimum absolute atomic E-state index is 0.495. The van der Waals surface area contributed by atoms with Gasteiger partial charge in [0.1, 0.15) is 0 Å². The van der Waals surface area contributed by atoms with Crippen LogP contribution in [0.25, 0.3) is 78.0 Å². The lowest BCUT2D eigenvalue weighted by atomic mass is 9.67. The van der Waals surface area contributed by atoms with Gasteiger partial charge in [-0.2, -0.15) is 0 Å². The van der Waals surface area contributed by atoms with Gasteiger partial charge in [-0.15, -0.1) is 0 Å². The molecule has 2 aromatic heterocycles. The molecule has 0 saturated carbocycles. The SMILES string of the molecule is c1ccc(-c2cc(-c3ccccc3)nc(-c3cccc(-c4nc5ccccc5c5c6c(ccc45)C(c4ccccc4)(c4ccccc4)c4ccccc4-6)c3)n2)cc1. The smallest absolute Gasteiger partial charge is 0.160 e. The second-order valence-corrected chi connectivity index (χ2v) is 14.7. The molecule has 0 saturated heterocycles. The summed E-state index contributed by atoms with van der Waals surface area (Å²) in [5.41, 5.74) is 14.8. The van der Waals surface area contributed by atoms with Gasteiger partial charge in [0, 0.05) is 38.4 Å². The molecule has 3 heteroatoms. The van der Waals surface area contributed by atoms with Crippen LogP contribution >= 0.6 is 0 Å². The summed E-state index contributed by atoms with van der Waals surface area (Å²) < 4.78 is 0. The summed E-state index contributed by atoms with van der Waals surface area (Å²) in [4.78, 5) is 15.8. The molecule has 0 aliphatic heterocycles. The minimum Gasteiger partial charge on any atom is -0.247 e. The monoisotopic (exact) mass is 725 g/mol. The van der Waals surface area contributed by atoms with Crippen LogP contribution in [0.4, 0.5) is 0 Å². The largest absolute Gasteiger partial charge is 0.247 e. The fraction of sp³-hybridized carbons (Fsp3) is 0.0185. The summed E-state index contributed by atoms with van der Waals surface area (Å²) in [6.07, 6.45) is 0. The van der Waals surface area contributed by atoms with Crippen LogP contribution < -0.4 is 0 Å². The highest BCUT2D eigenvalue weighted by Gasteiger charge is 2.46. The molecule has 3 nitrogen and oxygen atoms in total. The highest BCUT2D eigenvalue weighted by molar-refractivity contribution is 6.19. The molecule has 1 aliphatic carbocycles. The Kier molecular flexibility index (Phi) is 7.71. The van der Waals surface area contributed by atoms with Crippen molar-refractivity contribution >= 4 is 21.7 Å². The van der Waals surface area contributed by atoms with Gasteiger partial charge in [0.15, 0.2) is 5.82 Å². The zero-order valence-electron chi connectivity index (χ0n) is 31.0. The molecule has 11 rings (SSSR count). The Morgan fingerprint density at radius 2 is 0.895 bits per heavy atom. The first kappa shape index (κ1) is 32.9. The van der Waals surface area contributed by atoms with Crippen molar-refractivity contribution in [3.8, 4) is 56.3 Å². The van der Waals surface area contributed by atoms with E-state index < -0.39 is 5.41 Å². The van der Waals surface area contributed by atoms with Crippen LogP contribution in [0.1, 0.15) is 22.3 Å². The van der Waals surface area contributed by atoms with Crippen molar-refractivity contribution in [3.63, 3.8) is 0 Å². The van der Waals surface area contributed by atoms with Gasteiger partial charge in [0.05, 0.1) is 28.0 Å². The summed E-state index contributed by atoms with van der Waals surface area (Å²) in [6, 6.07) is 75.6. The van der Waals surface area contributed by atoms with E-state index in [2.05, 4.69) is 200 Å². The lowest BCUT2D eigenvalue weighted by molar-refractivity contribution is 0.769. The van der Waals surface area contributed by atoms with Gasteiger partial charge in [-0.1, -0.05) is 194 Å². The number of rotatable bonds is 6. The highest BCUT2D eigenvalue weighted by Crippen LogP contribution is 2.58. The number of para-hydroxylation sites is 1. The summed E-state index contributed by atoms with van der Waals surface area (Å²) >= 11 is 0. The van der Waals surface area contributed by atoms with E-state index in [9.17, 15) is 0 Å². The maximum Gasteiger partial charge on any atom is 0.160 e. The summed E-state index contributed by atoms with van der Waals surface area (Å²) in [5.74, 6) is 0.674. The third kappa shape index (κ3) is 5.24. The molecular weight excluding hydrogens is 691 g/mol. The summed E-state index contributed by atoms with van der Waals surface area (Å²) in [6.45, 7) is 0. The quantitative estimate of drug-likeness (QED) is 0.160. The van der Waals surface area contributed by atoms with E-state index in [1.807, 2.05) is 12.1 Å². The Morgan fingerprint density at radius 3 is 1.56 bits per heavy atom. The standard InChI is InChI=1S/C54H35N3/c1-5-18-36(19-6-1)48-35-49(37-20-7-2-8-21-37)57-53(56-48)39-23-17-22-38(34-39)52-44-32-33-46-51(50(44)43-29-14-16-31-47(43)55-52)42-28-13-15-30-45(42)54(46,40-24-9-3-10-25-40)41-26-11-4-12-27-41/h1-35H. The normalized spacial score (nSPS) is 12.7. The van der Waals surface area contributed by atoms with Crippen LogP contribution in [-0.2, 0) is 5.41 Å².